The number of rotatable bonds is 6. The first-order valence-electron chi connectivity index (χ1n) is 14.2. The van der Waals surface area contributed by atoms with Gasteiger partial charge in [-0.1, -0.05) is 12.1 Å². The van der Waals surface area contributed by atoms with Gasteiger partial charge in [0.1, 0.15) is 0 Å². The molecular formula is C30H39F3N4O3. The maximum absolute atomic E-state index is 13.8. The first-order chi connectivity index (χ1) is 19.0. The Bertz CT molecular complexity index is 1300. The number of ether oxygens (including phenoxy) is 1. The molecule has 3 atom stereocenters. The van der Waals surface area contributed by atoms with Crippen molar-refractivity contribution in [3.05, 3.63) is 63.1 Å². The van der Waals surface area contributed by atoms with E-state index >= 15 is 0 Å². The lowest BCUT2D eigenvalue weighted by Gasteiger charge is -2.54. The van der Waals surface area contributed by atoms with Crippen LogP contribution in [0.15, 0.2) is 35.3 Å². The minimum atomic E-state index is -4.48. The van der Waals surface area contributed by atoms with E-state index in [9.17, 15) is 22.8 Å². The zero-order valence-corrected chi connectivity index (χ0v) is 23.4. The van der Waals surface area contributed by atoms with Gasteiger partial charge >= 0.3 is 6.18 Å². The number of aromatic nitrogens is 1. The van der Waals surface area contributed by atoms with Gasteiger partial charge < -0.3 is 24.8 Å². The standard InChI is InChI=1S/C30H39F3N4O3/c1-19-22(6-4-7-24(19)30(31,32)33)20(2)34-28(39)23-17-37(21-9-14-40-15-10-21)27(38)16-25(23)35-26-8-12-29(26)11-5-13-36(3)18-29/h4,6-7,16-17,20-21,26,35H,5,8-15,18H2,1-3H3,(H,34,39)/t20?,26-,29-/m0/s1. The molecule has 1 spiro atoms. The van der Waals surface area contributed by atoms with E-state index in [1.54, 1.807) is 23.8 Å². The quantitative estimate of drug-likeness (QED) is 0.501. The summed E-state index contributed by atoms with van der Waals surface area (Å²) in [6.45, 7) is 6.23. The Morgan fingerprint density at radius 1 is 1.18 bits per heavy atom. The Balaban J connectivity index is 1.45. The van der Waals surface area contributed by atoms with Gasteiger partial charge in [-0.25, -0.2) is 0 Å². The van der Waals surface area contributed by atoms with Crippen LogP contribution in [0.5, 0.6) is 0 Å². The molecule has 1 aliphatic carbocycles. The molecule has 7 nitrogen and oxygen atoms in total. The molecule has 5 rings (SSSR count). The van der Waals surface area contributed by atoms with Crippen molar-refractivity contribution in [3.8, 4) is 0 Å². The number of alkyl halides is 3. The van der Waals surface area contributed by atoms with E-state index < -0.39 is 23.7 Å². The van der Waals surface area contributed by atoms with Crippen LogP contribution >= 0.6 is 0 Å². The van der Waals surface area contributed by atoms with E-state index in [1.807, 2.05) is 0 Å². The van der Waals surface area contributed by atoms with Crippen molar-refractivity contribution in [1.82, 2.24) is 14.8 Å². The maximum Gasteiger partial charge on any atom is 0.416 e. The predicted octanol–water partition coefficient (Wildman–Crippen LogP) is 5.30. The number of carbonyl (C=O) groups is 1. The smallest absolute Gasteiger partial charge is 0.381 e. The van der Waals surface area contributed by atoms with E-state index in [0.29, 0.717) is 42.9 Å². The number of nitrogens with one attached hydrogen (secondary N) is 2. The van der Waals surface area contributed by atoms with E-state index in [4.69, 9.17) is 4.74 Å². The Kier molecular flexibility index (Phi) is 8.03. The number of nitrogens with zero attached hydrogens (tertiary/aromatic N) is 2. The molecule has 10 heteroatoms. The molecule has 1 amide bonds. The fraction of sp³-hybridized carbons (Fsp3) is 0.600. The molecule has 1 aromatic carbocycles. The van der Waals surface area contributed by atoms with Crippen LogP contribution in [0.25, 0.3) is 0 Å². The highest BCUT2D eigenvalue weighted by atomic mass is 19.4. The summed E-state index contributed by atoms with van der Waals surface area (Å²) in [5, 5.41) is 6.47. The summed E-state index contributed by atoms with van der Waals surface area (Å²) in [6.07, 6.45) is 2.76. The number of halogens is 3. The Hall–Kier alpha value is -2.85. The topological polar surface area (TPSA) is 75.6 Å². The minimum Gasteiger partial charge on any atom is -0.381 e. The number of carbonyl (C=O) groups excluding carboxylic acids is 1. The second kappa shape index (κ2) is 11.2. The van der Waals surface area contributed by atoms with Crippen molar-refractivity contribution in [2.45, 2.75) is 76.7 Å². The number of hydrogen-bond donors (Lipinski definition) is 2. The molecule has 2 saturated heterocycles. The lowest BCUT2D eigenvalue weighted by atomic mass is 9.60. The van der Waals surface area contributed by atoms with Gasteiger partial charge in [0.2, 0.25) is 0 Å². The van der Waals surface area contributed by atoms with Gasteiger partial charge in [0, 0.05) is 49.5 Å². The summed E-state index contributed by atoms with van der Waals surface area (Å²) in [5.41, 5.74) is 0.518. The van der Waals surface area contributed by atoms with Crippen molar-refractivity contribution in [2.24, 2.45) is 5.41 Å². The summed E-state index contributed by atoms with van der Waals surface area (Å²) in [5.74, 6) is -0.429. The average molecular weight is 561 g/mol. The SMILES string of the molecule is Cc1c(C(C)NC(=O)c2cn(C3CCOCC3)c(=O)cc2N[C@H]2CC[C@]23CCCN(C)C3)cccc1C(F)(F)F. The molecule has 1 saturated carbocycles. The molecule has 2 N–H and O–H groups in total. The zero-order valence-electron chi connectivity index (χ0n) is 23.4. The minimum absolute atomic E-state index is 0.0768. The predicted molar refractivity (Wildman–Crippen MR) is 148 cm³/mol. The van der Waals surface area contributed by atoms with Gasteiger partial charge in [-0.3, -0.25) is 9.59 Å². The number of pyridine rings is 1. The fourth-order valence-electron chi connectivity index (χ4n) is 6.87. The number of piperidine rings is 1. The van der Waals surface area contributed by atoms with Gasteiger partial charge in [0.05, 0.1) is 22.9 Å². The molecule has 0 radical (unpaired) electrons. The van der Waals surface area contributed by atoms with Crippen LogP contribution in [0, 0.1) is 12.3 Å². The fourth-order valence-corrected chi connectivity index (χ4v) is 6.87. The highest BCUT2D eigenvalue weighted by Gasteiger charge is 2.48. The lowest BCUT2D eigenvalue weighted by molar-refractivity contribution is -0.138. The van der Waals surface area contributed by atoms with Gasteiger partial charge in [-0.05, 0) is 83.2 Å². The molecule has 218 valence electrons. The first-order valence-corrected chi connectivity index (χ1v) is 14.2. The normalized spacial score (nSPS) is 24.9. The number of hydrogen-bond acceptors (Lipinski definition) is 5. The second-order valence-corrected chi connectivity index (χ2v) is 11.8. The molecule has 0 bridgehead atoms. The van der Waals surface area contributed by atoms with E-state index in [-0.39, 0.29) is 28.6 Å². The van der Waals surface area contributed by atoms with Crippen molar-refractivity contribution in [1.29, 1.82) is 0 Å². The van der Waals surface area contributed by atoms with E-state index in [0.717, 1.165) is 44.8 Å². The largest absolute Gasteiger partial charge is 0.416 e. The first kappa shape index (κ1) is 28.7. The summed E-state index contributed by atoms with van der Waals surface area (Å²) in [7, 11) is 2.13. The number of anilines is 1. The van der Waals surface area contributed by atoms with Gasteiger partial charge in [0.25, 0.3) is 11.5 Å². The van der Waals surface area contributed by atoms with Crippen LogP contribution in [-0.2, 0) is 10.9 Å². The third kappa shape index (κ3) is 5.65. The van der Waals surface area contributed by atoms with Crippen LogP contribution in [0.1, 0.15) is 84.6 Å². The molecule has 3 fully saturated rings. The number of benzene rings is 1. The van der Waals surface area contributed by atoms with Crippen molar-refractivity contribution in [2.75, 3.05) is 38.7 Å². The highest BCUT2D eigenvalue weighted by molar-refractivity contribution is 5.99. The van der Waals surface area contributed by atoms with Crippen LogP contribution in [0.2, 0.25) is 0 Å². The number of amides is 1. The summed E-state index contributed by atoms with van der Waals surface area (Å²) in [4.78, 5) is 29.4. The van der Waals surface area contributed by atoms with Crippen LogP contribution in [0.4, 0.5) is 18.9 Å². The van der Waals surface area contributed by atoms with Crippen LogP contribution in [0.3, 0.4) is 0 Å². The average Bonchev–Trinajstić information content (AvgIpc) is 2.91. The molecular weight excluding hydrogens is 521 g/mol. The molecule has 2 aliphatic heterocycles. The monoisotopic (exact) mass is 560 g/mol. The second-order valence-electron chi connectivity index (χ2n) is 11.8. The van der Waals surface area contributed by atoms with Crippen LogP contribution < -0.4 is 16.2 Å². The van der Waals surface area contributed by atoms with Gasteiger partial charge in [0.15, 0.2) is 0 Å². The summed E-state index contributed by atoms with van der Waals surface area (Å²) in [6, 6.07) is 4.93. The third-order valence-corrected chi connectivity index (χ3v) is 9.20. The van der Waals surface area contributed by atoms with Crippen LogP contribution in [-0.4, -0.2) is 54.8 Å². The molecule has 3 heterocycles. The highest BCUT2D eigenvalue weighted by Crippen LogP contribution is 2.49. The molecule has 1 aromatic heterocycles. The third-order valence-electron chi connectivity index (χ3n) is 9.20. The van der Waals surface area contributed by atoms with E-state index in [2.05, 4.69) is 22.6 Å². The lowest BCUT2D eigenvalue weighted by Crippen LogP contribution is -2.57. The van der Waals surface area contributed by atoms with Crippen molar-refractivity contribution >= 4 is 11.6 Å². The zero-order chi connectivity index (χ0) is 28.7. The van der Waals surface area contributed by atoms with Crippen molar-refractivity contribution < 1.29 is 22.7 Å². The van der Waals surface area contributed by atoms with Gasteiger partial charge in [-0.15, -0.1) is 0 Å². The summed E-state index contributed by atoms with van der Waals surface area (Å²) < 4.78 is 47.7. The van der Waals surface area contributed by atoms with Gasteiger partial charge in [-0.2, -0.15) is 13.2 Å². The Labute approximate surface area is 233 Å². The molecule has 3 aliphatic rings. The maximum atomic E-state index is 13.8. The molecule has 2 aromatic rings. The van der Waals surface area contributed by atoms with Crippen molar-refractivity contribution in [3.63, 3.8) is 0 Å². The Morgan fingerprint density at radius 3 is 2.58 bits per heavy atom. The van der Waals surface area contributed by atoms with E-state index in [1.165, 1.54) is 19.1 Å². The summed E-state index contributed by atoms with van der Waals surface area (Å²) >= 11 is 0. The Morgan fingerprint density at radius 2 is 1.93 bits per heavy atom. The molecule has 40 heavy (non-hydrogen) atoms. The molecule has 1 unspecified atom stereocenters. The number of likely N-dealkylation sites (tertiary alicyclic amines) is 1.